The number of hydrogen-bond acceptors (Lipinski definition) is 6. The van der Waals surface area contributed by atoms with E-state index < -0.39 is 0 Å². The SMILES string of the molecule is Cc1nnc2ccc(N3CC(N(C)C(=O)c4cc5ccccc5o4)C3)nn12. The highest BCUT2D eigenvalue weighted by Gasteiger charge is 2.34. The Kier molecular flexibility index (Phi) is 3.40. The molecular formula is C19H18N6O2. The lowest BCUT2D eigenvalue weighted by molar-refractivity contribution is 0.0675. The zero-order chi connectivity index (χ0) is 18.5. The Hall–Kier alpha value is -3.42. The van der Waals surface area contributed by atoms with Crippen LogP contribution >= 0.6 is 0 Å². The molecule has 4 heterocycles. The second-order valence-electron chi connectivity index (χ2n) is 6.83. The lowest BCUT2D eigenvalue weighted by Crippen LogP contribution is -2.60. The zero-order valence-electron chi connectivity index (χ0n) is 15.0. The van der Waals surface area contributed by atoms with Crippen molar-refractivity contribution in [3.8, 4) is 0 Å². The third-order valence-corrected chi connectivity index (χ3v) is 5.10. The van der Waals surface area contributed by atoms with Crippen LogP contribution < -0.4 is 4.90 Å². The summed E-state index contributed by atoms with van der Waals surface area (Å²) in [5.74, 6) is 1.87. The summed E-state index contributed by atoms with van der Waals surface area (Å²) in [6, 6.07) is 13.4. The van der Waals surface area contributed by atoms with E-state index in [1.54, 1.807) is 15.5 Å². The van der Waals surface area contributed by atoms with Crippen LogP contribution in [-0.4, -0.2) is 56.8 Å². The van der Waals surface area contributed by atoms with E-state index in [0.717, 1.165) is 41.3 Å². The first-order valence-electron chi connectivity index (χ1n) is 8.80. The Bertz CT molecular complexity index is 1120. The normalized spacial score (nSPS) is 14.7. The molecule has 0 unspecified atom stereocenters. The fraction of sp³-hybridized carbons (Fsp3) is 0.263. The number of carbonyl (C=O) groups is 1. The minimum Gasteiger partial charge on any atom is -0.451 e. The topological polar surface area (TPSA) is 79.8 Å². The van der Waals surface area contributed by atoms with Crippen LogP contribution in [0, 0.1) is 6.92 Å². The zero-order valence-corrected chi connectivity index (χ0v) is 15.0. The molecule has 0 N–H and O–H groups in total. The maximum Gasteiger partial charge on any atom is 0.289 e. The Morgan fingerprint density at radius 3 is 2.81 bits per heavy atom. The standard InChI is InChI=1S/C19H18N6O2/c1-12-20-21-17-7-8-18(22-25(12)17)24-10-14(11-24)23(2)19(26)16-9-13-5-3-4-6-15(13)27-16/h3-9,14H,10-11H2,1-2H3. The smallest absolute Gasteiger partial charge is 0.289 e. The number of aromatic nitrogens is 4. The maximum atomic E-state index is 12.8. The van der Waals surface area contributed by atoms with Crippen molar-refractivity contribution in [2.24, 2.45) is 0 Å². The van der Waals surface area contributed by atoms with Crippen LogP contribution in [0.15, 0.2) is 46.9 Å². The minimum atomic E-state index is -0.103. The number of anilines is 1. The van der Waals surface area contributed by atoms with Gasteiger partial charge in [-0.2, -0.15) is 4.52 Å². The summed E-state index contributed by atoms with van der Waals surface area (Å²) < 4.78 is 7.43. The summed E-state index contributed by atoms with van der Waals surface area (Å²) in [5, 5.41) is 13.6. The molecule has 8 nitrogen and oxygen atoms in total. The van der Waals surface area contributed by atoms with Gasteiger partial charge in [-0.1, -0.05) is 18.2 Å². The molecule has 0 radical (unpaired) electrons. The first kappa shape index (κ1) is 15.8. The molecule has 1 aromatic carbocycles. The van der Waals surface area contributed by atoms with Crippen molar-refractivity contribution in [3.05, 3.63) is 54.0 Å². The molecule has 4 aromatic rings. The van der Waals surface area contributed by atoms with E-state index in [2.05, 4.69) is 20.2 Å². The second-order valence-corrected chi connectivity index (χ2v) is 6.83. The van der Waals surface area contributed by atoms with Crippen LogP contribution in [0.4, 0.5) is 5.82 Å². The van der Waals surface area contributed by atoms with Crippen LogP contribution in [-0.2, 0) is 0 Å². The van der Waals surface area contributed by atoms with E-state index in [1.807, 2.05) is 50.4 Å². The summed E-state index contributed by atoms with van der Waals surface area (Å²) in [4.78, 5) is 16.6. The molecule has 1 aliphatic heterocycles. The number of fused-ring (bicyclic) bond motifs is 2. The summed E-state index contributed by atoms with van der Waals surface area (Å²) in [6.07, 6.45) is 0. The molecule has 27 heavy (non-hydrogen) atoms. The van der Waals surface area contributed by atoms with E-state index in [1.165, 1.54) is 0 Å². The Morgan fingerprint density at radius 1 is 1.19 bits per heavy atom. The molecule has 8 heteroatoms. The first-order chi connectivity index (χ1) is 13.1. The van der Waals surface area contributed by atoms with E-state index in [4.69, 9.17) is 4.42 Å². The predicted octanol–water partition coefficient (Wildman–Crippen LogP) is 2.14. The molecule has 1 saturated heterocycles. The Labute approximate surface area is 155 Å². The summed E-state index contributed by atoms with van der Waals surface area (Å²) in [5.41, 5.74) is 1.46. The molecule has 136 valence electrons. The molecule has 3 aromatic heterocycles. The van der Waals surface area contributed by atoms with E-state index in [0.29, 0.717) is 5.76 Å². The average molecular weight is 362 g/mol. The van der Waals surface area contributed by atoms with E-state index in [9.17, 15) is 4.79 Å². The number of benzene rings is 1. The predicted molar refractivity (Wildman–Crippen MR) is 99.8 cm³/mol. The van der Waals surface area contributed by atoms with E-state index in [-0.39, 0.29) is 11.9 Å². The van der Waals surface area contributed by atoms with Gasteiger partial charge in [0.15, 0.2) is 17.2 Å². The first-order valence-corrected chi connectivity index (χ1v) is 8.80. The van der Waals surface area contributed by atoms with Gasteiger partial charge in [-0.15, -0.1) is 15.3 Å². The van der Waals surface area contributed by atoms with Crippen LogP contribution in [0.25, 0.3) is 16.6 Å². The molecule has 0 aliphatic carbocycles. The van der Waals surface area contributed by atoms with Gasteiger partial charge in [0.2, 0.25) is 0 Å². The van der Waals surface area contributed by atoms with Crippen molar-refractivity contribution >= 4 is 28.3 Å². The lowest BCUT2D eigenvalue weighted by Gasteiger charge is -2.44. The molecule has 1 amide bonds. The molecular weight excluding hydrogens is 344 g/mol. The van der Waals surface area contributed by atoms with Crippen LogP contribution in [0.5, 0.6) is 0 Å². The fourth-order valence-electron chi connectivity index (χ4n) is 3.37. The number of amides is 1. The van der Waals surface area contributed by atoms with Crippen molar-refractivity contribution < 1.29 is 9.21 Å². The van der Waals surface area contributed by atoms with Gasteiger partial charge in [0, 0.05) is 25.5 Å². The van der Waals surface area contributed by atoms with Crippen molar-refractivity contribution in [1.29, 1.82) is 0 Å². The third-order valence-electron chi connectivity index (χ3n) is 5.10. The number of para-hydroxylation sites is 1. The number of carbonyl (C=O) groups excluding carboxylic acids is 1. The molecule has 0 spiro atoms. The van der Waals surface area contributed by atoms with Crippen molar-refractivity contribution in [1.82, 2.24) is 24.7 Å². The number of hydrogen-bond donors (Lipinski definition) is 0. The maximum absolute atomic E-state index is 12.8. The molecule has 5 rings (SSSR count). The molecule has 0 bridgehead atoms. The van der Waals surface area contributed by atoms with E-state index >= 15 is 0 Å². The van der Waals surface area contributed by atoms with Gasteiger partial charge in [0.25, 0.3) is 5.91 Å². The Balaban J connectivity index is 1.30. The van der Waals surface area contributed by atoms with Crippen LogP contribution in [0.2, 0.25) is 0 Å². The van der Waals surface area contributed by atoms with Crippen molar-refractivity contribution in [2.45, 2.75) is 13.0 Å². The lowest BCUT2D eigenvalue weighted by atomic mass is 10.1. The number of nitrogens with zero attached hydrogens (tertiary/aromatic N) is 6. The van der Waals surface area contributed by atoms with Gasteiger partial charge in [0.05, 0.1) is 6.04 Å². The highest BCUT2D eigenvalue weighted by molar-refractivity contribution is 5.96. The Morgan fingerprint density at radius 2 is 2.00 bits per heavy atom. The van der Waals surface area contributed by atoms with Gasteiger partial charge in [0.1, 0.15) is 11.4 Å². The monoisotopic (exact) mass is 362 g/mol. The largest absolute Gasteiger partial charge is 0.451 e. The van der Waals surface area contributed by atoms with Crippen molar-refractivity contribution in [2.75, 3.05) is 25.0 Å². The number of furan rings is 1. The molecule has 1 aliphatic rings. The average Bonchev–Trinajstić information content (AvgIpc) is 3.23. The van der Waals surface area contributed by atoms with Gasteiger partial charge < -0.3 is 14.2 Å². The summed E-state index contributed by atoms with van der Waals surface area (Å²) >= 11 is 0. The van der Waals surface area contributed by atoms with Gasteiger partial charge in [-0.25, -0.2) is 0 Å². The number of rotatable bonds is 3. The number of aryl methyl sites for hydroxylation is 1. The third kappa shape index (κ3) is 2.52. The summed E-state index contributed by atoms with van der Waals surface area (Å²) in [6.45, 7) is 3.32. The fourth-order valence-corrected chi connectivity index (χ4v) is 3.37. The highest BCUT2D eigenvalue weighted by atomic mass is 16.3. The van der Waals surface area contributed by atoms with Crippen LogP contribution in [0.3, 0.4) is 0 Å². The van der Waals surface area contributed by atoms with Crippen molar-refractivity contribution in [3.63, 3.8) is 0 Å². The highest BCUT2D eigenvalue weighted by Crippen LogP contribution is 2.24. The summed E-state index contributed by atoms with van der Waals surface area (Å²) in [7, 11) is 1.82. The van der Waals surface area contributed by atoms with Gasteiger partial charge >= 0.3 is 0 Å². The van der Waals surface area contributed by atoms with Gasteiger partial charge in [-0.3, -0.25) is 4.79 Å². The molecule has 0 atom stereocenters. The second kappa shape index (κ2) is 5.80. The van der Waals surface area contributed by atoms with Gasteiger partial charge in [-0.05, 0) is 31.2 Å². The molecule has 0 saturated carbocycles. The quantitative estimate of drug-likeness (QED) is 0.556. The molecule has 1 fully saturated rings. The van der Waals surface area contributed by atoms with Crippen LogP contribution in [0.1, 0.15) is 16.4 Å². The minimum absolute atomic E-state index is 0.103. The number of likely N-dealkylation sites (N-methyl/N-ethyl adjacent to an activating group) is 1.